The Labute approximate surface area is 98.7 Å². The van der Waals surface area contributed by atoms with Crippen molar-refractivity contribution in [2.45, 2.75) is 27.2 Å². The maximum absolute atomic E-state index is 2.32. The van der Waals surface area contributed by atoms with Crippen LogP contribution < -0.4 is 0 Å². The lowest BCUT2D eigenvalue weighted by atomic mass is 9.89. The average Bonchev–Trinajstić information content (AvgIpc) is 2.30. The molecular weight excluding hydrogens is 192 g/mol. The van der Waals surface area contributed by atoms with Crippen LogP contribution in [0.5, 0.6) is 0 Å². The van der Waals surface area contributed by atoms with Crippen LogP contribution in [0.1, 0.15) is 31.4 Å². The molecule has 0 bridgehead atoms. The van der Waals surface area contributed by atoms with Crippen LogP contribution in [0.15, 0.2) is 42.0 Å². The number of allylic oxidation sites excluding steroid dienone is 4. The van der Waals surface area contributed by atoms with Gasteiger partial charge in [0.1, 0.15) is 0 Å². The van der Waals surface area contributed by atoms with Crippen LogP contribution in [-0.2, 0) is 0 Å². The molecule has 0 saturated carbocycles. The van der Waals surface area contributed by atoms with Crippen LogP contribution in [0.2, 0.25) is 0 Å². The van der Waals surface area contributed by atoms with E-state index in [2.05, 4.69) is 63.6 Å². The summed E-state index contributed by atoms with van der Waals surface area (Å²) in [6, 6.07) is 8.77. The predicted molar refractivity (Wildman–Crippen MR) is 71.0 cm³/mol. The fourth-order valence-corrected chi connectivity index (χ4v) is 1.97. The third-order valence-corrected chi connectivity index (χ3v) is 3.07. The molecule has 83 valence electrons. The molecule has 1 aliphatic rings. The van der Waals surface area contributed by atoms with E-state index in [1.807, 2.05) is 0 Å². The summed E-state index contributed by atoms with van der Waals surface area (Å²) in [5, 5.41) is 0. The second-order valence-corrected chi connectivity index (χ2v) is 4.76. The van der Waals surface area contributed by atoms with Gasteiger partial charge in [0.15, 0.2) is 0 Å². The zero-order valence-corrected chi connectivity index (χ0v) is 10.3. The van der Waals surface area contributed by atoms with Crippen LogP contribution in [-0.4, -0.2) is 0 Å². The van der Waals surface area contributed by atoms with Crippen LogP contribution in [0.3, 0.4) is 0 Å². The third-order valence-electron chi connectivity index (χ3n) is 3.07. The van der Waals surface area contributed by atoms with E-state index in [4.69, 9.17) is 0 Å². The topological polar surface area (TPSA) is 0 Å². The fraction of sp³-hybridized carbons (Fsp3) is 0.312. The molecule has 0 saturated heterocycles. The first-order chi connectivity index (χ1) is 7.66. The third kappa shape index (κ3) is 2.44. The molecule has 1 aromatic carbocycles. The van der Waals surface area contributed by atoms with Crippen molar-refractivity contribution >= 4 is 5.57 Å². The number of aryl methyl sites for hydroxylation is 1. The molecule has 0 fully saturated rings. The van der Waals surface area contributed by atoms with E-state index < -0.39 is 0 Å². The molecule has 0 unspecified atom stereocenters. The van der Waals surface area contributed by atoms with Crippen molar-refractivity contribution in [1.29, 1.82) is 0 Å². The van der Waals surface area contributed by atoms with Gasteiger partial charge in [-0.05, 0) is 42.4 Å². The highest BCUT2D eigenvalue weighted by molar-refractivity contribution is 5.75. The van der Waals surface area contributed by atoms with Gasteiger partial charge in [0.25, 0.3) is 0 Å². The van der Waals surface area contributed by atoms with Gasteiger partial charge in [-0.15, -0.1) is 0 Å². The average molecular weight is 211 g/mol. The normalized spacial score (nSPS) is 16.0. The number of hydrogen-bond acceptors (Lipinski definition) is 0. The summed E-state index contributed by atoms with van der Waals surface area (Å²) >= 11 is 0. The van der Waals surface area contributed by atoms with E-state index in [-0.39, 0.29) is 0 Å². The standard InChI is InChI=1S/C16H19/c1-12(2)15-5-4-6-16(11-15)14-9-7-13(3)8-10-14/h5-12H,4H2,1-3H3. The summed E-state index contributed by atoms with van der Waals surface area (Å²) < 4.78 is 0. The van der Waals surface area contributed by atoms with Gasteiger partial charge in [-0.3, -0.25) is 0 Å². The van der Waals surface area contributed by atoms with Gasteiger partial charge < -0.3 is 0 Å². The minimum absolute atomic E-state index is 0.620. The number of benzene rings is 1. The summed E-state index contributed by atoms with van der Waals surface area (Å²) in [4.78, 5) is 0. The molecule has 0 aliphatic heterocycles. The first-order valence-corrected chi connectivity index (χ1v) is 5.99. The summed E-state index contributed by atoms with van der Waals surface area (Å²) in [6.45, 7) is 6.63. The van der Waals surface area contributed by atoms with Crippen molar-refractivity contribution in [3.05, 3.63) is 59.5 Å². The van der Waals surface area contributed by atoms with Crippen LogP contribution in [0.25, 0.3) is 5.57 Å². The SMILES string of the molecule is Cc1ccc(C2=CC(C(C)C)=CC[CH]2)cc1. The number of rotatable bonds is 2. The van der Waals surface area contributed by atoms with E-state index in [0.717, 1.165) is 6.42 Å². The molecule has 0 nitrogen and oxygen atoms in total. The van der Waals surface area contributed by atoms with E-state index >= 15 is 0 Å². The van der Waals surface area contributed by atoms with Gasteiger partial charge in [-0.1, -0.05) is 55.8 Å². The van der Waals surface area contributed by atoms with Crippen molar-refractivity contribution in [1.82, 2.24) is 0 Å². The minimum atomic E-state index is 0.620. The molecule has 16 heavy (non-hydrogen) atoms. The molecule has 0 heterocycles. The van der Waals surface area contributed by atoms with Crippen LogP contribution in [0, 0.1) is 19.3 Å². The molecule has 0 amide bonds. The second kappa shape index (κ2) is 4.69. The van der Waals surface area contributed by atoms with E-state index in [9.17, 15) is 0 Å². The van der Waals surface area contributed by atoms with Gasteiger partial charge in [-0.25, -0.2) is 0 Å². The zero-order valence-electron chi connectivity index (χ0n) is 10.3. The van der Waals surface area contributed by atoms with Crippen molar-refractivity contribution in [3.63, 3.8) is 0 Å². The lowest BCUT2D eigenvalue weighted by Gasteiger charge is -2.16. The maximum Gasteiger partial charge on any atom is -0.00491 e. The Hall–Kier alpha value is -1.30. The molecule has 0 atom stereocenters. The van der Waals surface area contributed by atoms with E-state index in [1.54, 1.807) is 0 Å². The highest BCUT2D eigenvalue weighted by atomic mass is 14.1. The molecule has 0 heteroatoms. The van der Waals surface area contributed by atoms with Gasteiger partial charge in [0.05, 0.1) is 0 Å². The fourth-order valence-electron chi connectivity index (χ4n) is 1.97. The highest BCUT2D eigenvalue weighted by Gasteiger charge is 2.09. The van der Waals surface area contributed by atoms with Gasteiger partial charge in [0.2, 0.25) is 0 Å². The molecule has 2 rings (SSSR count). The van der Waals surface area contributed by atoms with Crippen LogP contribution in [0.4, 0.5) is 0 Å². The Kier molecular flexibility index (Phi) is 3.28. The Bertz CT molecular complexity index is 416. The van der Waals surface area contributed by atoms with E-state index in [0.29, 0.717) is 5.92 Å². The first kappa shape index (κ1) is 11.2. The smallest absolute Gasteiger partial charge is 0.00491 e. The molecule has 0 N–H and O–H groups in total. The maximum atomic E-state index is 2.32. The molecule has 0 aromatic heterocycles. The van der Waals surface area contributed by atoms with Gasteiger partial charge in [-0.2, -0.15) is 0 Å². The van der Waals surface area contributed by atoms with Crippen molar-refractivity contribution in [2.24, 2.45) is 5.92 Å². The van der Waals surface area contributed by atoms with Crippen LogP contribution >= 0.6 is 0 Å². The zero-order chi connectivity index (χ0) is 11.5. The second-order valence-electron chi connectivity index (χ2n) is 4.76. The summed E-state index contributed by atoms with van der Waals surface area (Å²) in [7, 11) is 0. The largest absolute Gasteiger partial charge is 0.0804 e. The molecule has 1 aromatic rings. The summed E-state index contributed by atoms with van der Waals surface area (Å²) in [5.41, 5.74) is 5.47. The highest BCUT2D eigenvalue weighted by Crippen LogP contribution is 2.28. The number of hydrogen-bond donors (Lipinski definition) is 0. The lowest BCUT2D eigenvalue weighted by Crippen LogP contribution is -1.98. The lowest BCUT2D eigenvalue weighted by molar-refractivity contribution is 0.784. The van der Waals surface area contributed by atoms with Crippen molar-refractivity contribution < 1.29 is 0 Å². The first-order valence-electron chi connectivity index (χ1n) is 5.99. The van der Waals surface area contributed by atoms with Crippen molar-refractivity contribution in [2.75, 3.05) is 0 Å². The minimum Gasteiger partial charge on any atom is -0.0804 e. The molecule has 1 aliphatic carbocycles. The Morgan fingerprint density at radius 3 is 2.38 bits per heavy atom. The van der Waals surface area contributed by atoms with Gasteiger partial charge >= 0.3 is 0 Å². The Morgan fingerprint density at radius 1 is 1.06 bits per heavy atom. The molecular formula is C16H19. The summed E-state index contributed by atoms with van der Waals surface area (Å²) in [5.74, 6) is 0.620. The Balaban J connectivity index is 2.28. The monoisotopic (exact) mass is 211 g/mol. The predicted octanol–water partition coefficient (Wildman–Crippen LogP) is 4.57. The molecule has 0 spiro atoms. The molecule has 1 radical (unpaired) electrons. The van der Waals surface area contributed by atoms with Gasteiger partial charge in [0, 0.05) is 0 Å². The summed E-state index contributed by atoms with van der Waals surface area (Å²) in [6.07, 6.45) is 8.00. The quantitative estimate of drug-likeness (QED) is 0.672. The Morgan fingerprint density at radius 2 is 1.75 bits per heavy atom. The van der Waals surface area contributed by atoms with E-state index in [1.165, 1.54) is 22.3 Å². The van der Waals surface area contributed by atoms with Crippen molar-refractivity contribution in [3.8, 4) is 0 Å².